The molecule has 0 unspecified atom stereocenters. The normalized spacial score (nSPS) is 15.9. The van der Waals surface area contributed by atoms with Crippen LogP contribution in [0.15, 0.2) is 213 Å². The standard InChI is InChI=1S/C59H41N5/c1-39-27-28-62-56(31-39)58(52-23-11-5-17-46(52)47-18-6-12-24-53(47)58)42-32-40(34-60-36-42)57(50-21-9-3-15-44(50)45-16-4-10-22-51(45)57)41-33-43(37-61-35-41)59(64-30-29-63(2)38-64)54-25-13-7-19-48(54)49-20-8-14-26-55(49)59/h3-37H,1-2H3/q+2. The third kappa shape index (κ3) is 4.61. The van der Waals surface area contributed by atoms with Gasteiger partial charge >= 0.3 is 6.01 Å². The molecule has 0 bridgehead atoms. The number of benzene rings is 6. The Hall–Kier alpha value is -8.11. The van der Waals surface area contributed by atoms with Gasteiger partial charge in [0, 0.05) is 42.1 Å². The van der Waals surface area contributed by atoms with Gasteiger partial charge in [-0.05, 0) is 109 Å². The Morgan fingerprint density at radius 1 is 0.422 bits per heavy atom. The number of aromatic nitrogens is 3. The average molecular weight is 820 g/mol. The number of hydrogen-bond donors (Lipinski definition) is 0. The van der Waals surface area contributed by atoms with Gasteiger partial charge in [0.25, 0.3) is 5.54 Å². The number of nitrogens with zero attached hydrogens (tertiary/aromatic N) is 5. The van der Waals surface area contributed by atoms with Crippen molar-refractivity contribution in [3.05, 3.63) is 280 Å². The van der Waals surface area contributed by atoms with Crippen LogP contribution in [0.3, 0.4) is 0 Å². The van der Waals surface area contributed by atoms with Gasteiger partial charge in [-0.2, -0.15) is 0 Å². The summed E-state index contributed by atoms with van der Waals surface area (Å²) in [6.07, 6.45) is 14.5. The number of aryl methyl sites for hydroxylation is 1. The lowest BCUT2D eigenvalue weighted by atomic mass is 9.65. The number of rotatable bonds is 6. The summed E-state index contributed by atoms with van der Waals surface area (Å²) in [6.45, 7) is 2.15. The Bertz CT molecular complexity index is 3420. The molecule has 64 heavy (non-hydrogen) atoms. The van der Waals surface area contributed by atoms with E-state index in [-0.39, 0.29) is 0 Å². The maximum Gasteiger partial charge on any atom is 0.490 e. The first kappa shape index (κ1) is 36.5. The van der Waals surface area contributed by atoms with Crippen LogP contribution < -0.4 is 0 Å². The van der Waals surface area contributed by atoms with Gasteiger partial charge in [0.1, 0.15) is 0 Å². The van der Waals surface area contributed by atoms with Gasteiger partial charge in [0.05, 0.1) is 22.1 Å². The van der Waals surface area contributed by atoms with Crippen molar-refractivity contribution in [1.29, 1.82) is 0 Å². The summed E-state index contributed by atoms with van der Waals surface area (Å²) >= 11 is 0. The molecule has 0 spiro atoms. The quantitative estimate of drug-likeness (QED) is 0.157. The summed E-state index contributed by atoms with van der Waals surface area (Å²) in [7, 11) is 2.03. The smallest absolute Gasteiger partial charge is 0.264 e. The van der Waals surface area contributed by atoms with Crippen LogP contribution in [0.1, 0.15) is 66.9 Å². The zero-order chi connectivity index (χ0) is 42.6. The third-order valence-electron chi connectivity index (χ3n) is 14.4. The number of hydrogen-bond acceptors (Lipinski definition) is 3. The first-order valence-electron chi connectivity index (χ1n) is 22.0. The minimum absolute atomic E-state index is 0.734. The topological polar surface area (TPSA) is 44.7 Å². The van der Waals surface area contributed by atoms with E-state index >= 15 is 0 Å². The lowest BCUT2D eigenvalue weighted by Gasteiger charge is -2.37. The molecule has 5 nitrogen and oxygen atoms in total. The van der Waals surface area contributed by atoms with Crippen molar-refractivity contribution in [3.63, 3.8) is 0 Å². The second-order valence-electron chi connectivity index (χ2n) is 17.5. The molecule has 3 aliphatic carbocycles. The van der Waals surface area contributed by atoms with E-state index in [1.165, 1.54) is 66.8 Å². The first-order valence-corrected chi connectivity index (χ1v) is 22.0. The summed E-state index contributed by atoms with van der Waals surface area (Å²) in [4.78, 5) is 15.8. The Kier molecular flexibility index (Phi) is 7.67. The largest absolute Gasteiger partial charge is 0.490 e. The minimum Gasteiger partial charge on any atom is -0.264 e. The molecule has 5 heteroatoms. The maximum absolute atomic E-state index is 5.29. The molecule has 9 aromatic rings. The van der Waals surface area contributed by atoms with Crippen LogP contribution in [0.5, 0.6) is 0 Å². The van der Waals surface area contributed by atoms with Crippen LogP contribution >= 0.6 is 0 Å². The Balaban J connectivity index is 1.14. The van der Waals surface area contributed by atoms with E-state index in [1.807, 2.05) is 17.8 Å². The average Bonchev–Trinajstić information content (AvgIpc) is 4.09. The van der Waals surface area contributed by atoms with E-state index < -0.39 is 16.4 Å². The molecule has 300 valence electrons. The zero-order valence-electron chi connectivity index (χ0n) is 35.4. The summed E-state index contributed by atoms with van der Waals surface area (Å²) in [5, 5.41) is 0. The van der Waals surface area contributed by atoms with Crippen molar-refractivity contribution in [2.45, 2.75) is 23.3 Å². The molecule has 0 N–H and O–H groups in total. The Morgan fingerprint density at radius 2 is 0.812 bits per heavy atom. The van der Waals surface area contributed by atoms with E-state index in [4.69, 9.17) is 15.0 Å². The van der Waals surface area contributed by atoms with Crippen molar-refractivity contribution >= 4 is 6.01 Å². The van der Waals surface area contributed by atoms with Crippen LogP contribution in [-0.2, 0) is 16.4 Å². The molecule has 0 fully saturated rings. The maximum atomic E-state index is 5.29. The fraction of sp³-hybridized carbons (Fsp3) is 0.0847. The van der Waals surface area contributed by atoms with E-state index in [9.17, 15) is 0 Å². The lowest BCUT2D eigenvalue weighted by molar-refractivity contribution is -0.533. The van der Waals surface area contributed by atoms with Crippen LogP contribution in [0.2, 0.25) is 0 Å². The molecular weight excluding hydrogens is 779 g/mol. The highest BCUT2D eigenvalue weighted by molar-refractivity contribution is 5.89. The van der Waals surface area contributed by atoms with Gasteiger partial charge in [-0.15, -0.1) is 0 Å². The number of pyridine rings is 3. The van der Waals surface area contributed by atoms with Crippen molar-refractivity contribution in [3.8, 4) is 33.4 Å². The molecule has 6 aromatic carbocycles. The van der Waals surface area contributed by atoms with E-state index in [0.717, 1.165) is 33.5 Å². The van der Waals surface area contributed by atoms with Gasteiger partial charge in [-0.25, -0.2) is 0 Å². The highest BCUT2D eigenvalue weighted by Gasteiger charge is 2.57. The van der Waals surface area contributed by atoms with E-state index in [1.54, 1.807) is 0 Å². The van der Waals surface area contributed by atoms with Gasteiger partial charge in [-0.1, -0.05) is 155 Å². The third-order valence-corrected chi connectivity index (χ3v) is 14.4. The highest BCUT2D eigenvalue weighted by atomic mass is 15.2. The van der Waals surface area contributed by atoms with Crippen molar-refractivity contribution in [2.24, 2.45) is 0 Å². The molecule has 1 aliphatic heterocycles. The fourth-order valence-corrected chi connectivity index (χ4v) is 11.9. The van der Waals surface area contributed by atoms with Gasteiger partial charge < -0.3 is 0 Å². The monoisotopic (exact) mass is 819 g/mol. The van der Waals surface area contributed by atoms with Crippen LogP contribution in [-0.4, -0.2) is 37.2 Å². The molecule has 0 radical (unpaired) electrons. The van der Waals surface area contributed by atoms with Crippen LogP contribution in [0, 0.1) is 6.92 Å². The van der Waals surface area contributed by atoms with Crippen molar-refractivity contribution < 1.29 is 9.15 Å². The lowest BCUT2D eigenvalue weighted by Crippen LogP contribution is -2.38. The molecule has 0 amide bonds. The zero-order valence-corrected chi connectivity index (χ0v) is 35.4. The number of fused-ring (bicyclic) bond motifs is 9. The summed E-state index contributed by atoms with van der Waals surface area (Å²) in [6, 6.07) is 66.0. The van der Waals surface area contributed by atoms with E-state index in [0.29, 0.717) is 0 Å². The second kappa shape index (κ2) is 13.4. The molecule has 0 saturated carbocycles. The second-order valence-corrected chi connectivity index (χ2v) is 17.5. The predicted molar refractivity (Wildman–Crippen MR) is 252 cm³/mol. The van der Waals surface area contributed by atoms with Gasteiger partial charge in [0.2, 0.25) is 12.4 Å². The van der Waals surface area contributed by atoms with Crippen LogP contribution in [0.4, 0.5) is 0 Å². The van der Waals surface area contributed by atoms with Crippen molar-refractivity contribution in [2.75, 3.05) is 7.05 Å². The summed E-state index contributed by atoms with van der Waals surface area (Å²) in [5.41, 5.74) is 18.5. The molecule has 0 saturated heterocycles. The molecule has 13 rings (SSSR count). The van der Waals surface area contributed by atoms with Crippen molar-refractivity contribution in [1.82, 2.24) is 15.0 Å². The van der Waals surface area contributed by atoms with Gasteiger partial charge in [0.15, 0.2) is 7.05 Å². The predicted octanol–water partition coefficient (Wildman–Crippen LogP) is 11.5. The van der Waals surface area contributed by atoms with Gasteiger partial charge in [-0.3, -0.25) is 15.0 Å². The first-order chi connectivity index (χ1) is 31.5. The molecule has 4 heterocycles. The minimum atomic E-state index is -0.804. The highest BCUT2D eigenvalue weighted by Crippen LogP contribution is 2.60. The molecule has 4 aliphatic rings. The Labute approximate surface area is 372 Å². The molecular formula is C59H41N5+2. The summed E-state index contributed by atoms with van der Waals surface area (Å²) < 4.78 is 4.25. The summed E-state index contributed by atoms with van der Waals surface area (Å²) in [5.74, 6) is 0. The van der Waals surface area contributed by atoms with E-state index in [2.05, 4.69) is 225 Å². The Morgan fingerprint density at radius 3 is 1.27 bits per heavy atom. The molecule has 3 aromatic heterocycles. The van der Waals surface area contributed by atoms with Crippen LogP contribution in [0.25, 0.3) is 33.4 Å². The SMILES string of the molecule is Cc1ccnc(C2(c3cncc(C4(c5cncc(C6([N+]7=C=[N+](C)C=C7)c7ccccc7-c7ccccc76)c5)c5ccccc5-c5ccccc54)c3)c3ccccc3-c3ccccc32)c1. The fourth-order valence-electron chi connectivity index (χ4n) is 11.9. The molecule has 0 atom stereocenters.